The fourth-order valence-corrected chi connectivity index (χ4v) is 1.77. The third-order valence-electron chi connectivity index (χ3n) is 2.76. The summed E-state index contributed by atoms with van der Waals surface area (Å²) < 4.78 is 0. The number of hydrogen-bond acceptors (Lipinski definition) is 3. The van der Waals surface area contributed by atoms with Gasteiger partial charge in [0, 0.05) is 5.92 Å². The number of carboxylic acid groups (broad SMARTS) is 1. The second kappa shape index (κ2) is 5.70. The molecule has 0 atom stereocenters. The lowest BCUT2D eigenvalue weighted by molar-refractivity contribution is -0.151. The summed E-state index contributed by atoms with van der Waals surface area (Å²) in [4.78, 5) is 26.1. The normalized spacial score (nSPS) is 25.9. The van der Waals surface area contributed by atoms with Crippen molar-refractivity contribution in [3.8, 4) is 0 Å². The molecular weight excluding hydrogens is 198 g/mol. The van der Waals surface area contributed by atoms with Gasteiger partial charge in [0.15, 0.2) is 6.61 Å². The molecule has 0 unspecified atom stereocenters. The van der Waals surface area contributed by atoms with E-state index in [-0.39, 0.29) is 11.8 Å². The fraction of sp³-hybridized carbons (Fsp3) is 0.800. The van der Waals surface area contributed by atoms with Crippen molar-refractivity contribution >= 4 is 11.9 Å². The molecule has 1 amide bonds. The molecule has 1 aliphatic rings. The average molecular weight is 215 g/mol. The van der Waals surface area contributed by atoms with Crippen LogP contribution in [-0.2, 0) is 14.4 Å². The minimum Gasteiger partial charge on any atom is -0.479 e. The molecular formula is C10H17NO4. The minimum absolute atomic E-state index is 0.0185. The lowest BCUT2D eigenvalue weighted by Gasteiger charge is -2.24. The van der Waals surface area contributed by atoms with Crippen molar-refractivity contribution in [1.29, 1.82) is 0 Å². The average Bonchev–Trinajstić information content (AvgIpc) is 2.18. The number of hydroxylamine groups is 1. The van der Waals surface area contributed by atoms with Gasteiger partial charge >= 0.3 is 5.97 Å². The molecule has 0 heterocycles. The third kappa shape index (κ3) is 4.29. The Morgan fingerprint density at radius 3 is 2.47 bits per heavy atom. The van der Waals surface area contributed by atoms with Crippen molar-refractivity contribution in [2.45, 2.75) is 32.6 Å². The summed E-state index contributed by atoms with van der Waals surface area (Å²) in [6.07, 6.45) is 3.83. The summed E-state index contributed by atoms with van der Waals surface area (Å²) in [7, 11) is 0. The second-order valence-electron chi connectivity index (χ2n) is 4.11. The summed E-state index contributed by atoms with van der Waals surface area (Å²) in [5.74, 6) is -0.611. The van der Waals surface area contributed by atoms with E-state index in [9.17, 15) is 9.59 Å². The van der Waals surface area contributed by atoms with E-state index in [0.29, 0.717) is 5.92 Å². The Hall–Kier alpha value is -1.10. The Morgan fingerprint density at radius 2 is 1.93 bits per heavy atom. The summed E-state index contributed by atoms with van der Waals surface area (Å²) in [5.41, 5.74) is 2.18. The van der Waals surface area contributed by atoms with Crippen LogP contribution in [0.1, 0.15) is 32.6 Å². The Kier molecular flexibility index (Phi) is 4.55. The predicted molar refractivity (Wildman–Crippen MR) is 52.9 cm³/mol. The Labute approximate surface area is 88.8 Å². The van der Waals surface area contributed by atoms with E-state index in [1.54, 1.807) is 0 Å². The predicted octanol–water partition coefficient (Wildman–Crippen LogP) is 0.945. The van der Waals surface area contributed by atoms with E-state index in [0.717, 1.165) is 25.7 Å². The summed E-state index contributed by atoms with van der Waals surface area (Å²) in [6, 6.07) is 0. The zero-order valence-electron chi connectivity index (χ0n) is 8.86. The van der Waals surface area contributed by atoms with Crippen LogP contribution in [0.3, 0.4) is 0 Å². The molecule has 0 saturated heterocycles. The number of nitrogens with one attached hydrogen (secondary N) is 1. The summed E-state index contributed by atoms with van der Waals surface area (Å²) in [5, 5.41) is 8.30. The molecule has 0 aromatic heterocycles. The monoisotopic (exact) mass is 215 g/mol. The summed E-state index contributed by atoms with van der Waals surface area (Å²) in [6.45, 7) is 1.68. The van der Waals surface area contributed by atoms with Gasteiger partial charge in [0.05, 0.1) is 0 Å². The topological polar surface area (TPSA) is 75.6 Å². The van der Waals surface area contributed by atoms with E-state index < -0.39 is 12.6 Å². The molecule has 1 rings (SSSR count). The van der Waals surface area contributed by atoms with Gasteiger partial charge in [0.25, 0.3) is 0 Å². The first-order valence-electron chi connectivity index (χ1n) is 5.23. The molecule has 0 aliphatic heterocycles. The number of amides is 1. The van der Waals surface area contributed by atoms with Gasteiger partial charge in [-0.2, -0.15) is 0 Å². The number of carboxylic acids is 1. The number of carbonyl (C=O) groups excluding carboxylic acids is 1. The molecule has 5 heteroatoms. The Bertz CT molecular complexity index is 234. The zero-order chi connectivity index (χ0) is 11.3. The third-order valence-corrected chi connectivity index (χ3v) is 2.76. The van der Waals surface area contributed by atoms with Gasteiger partial charge in [-0.1, -0.05) is 6.92 Å². The molecule has 1 saturated carbocycles. The van der Waals surface area contributed by atoms with Crippen LogP contribution < -0.4 is 5.48 Å². The first kappa shape index (κ1) is 12.0. The van der Waals surface area contributed by atoms with Crippen LogP contribution in [0.15, 0.2) is 0 Å². The first-order chi connectivity index (χ1) is 7.09. The number of rotatable bonds is 4. The lowest BCUT2D eigenvalue weighted by atomic mass is 9.83. The molecule has 0 bridgehead atoms. The van der Waals surface area contributed by atoms with Gasteiger partial charge in [0.2, 0.25) is 5.91 Å². The van der Waals surface area contributed by atoms with Gasteiger partial charge in [-0.15, -0.1) is 0 Å². The quantitative estimate of drug-likeness (QED) is 0.684. The lowest BCUT2D eigenvalue weighted by Crippen LogP contribution is -2.34. The smallest absolute Gasteiger partial charge is 0.332 e. The molecule has 1 fully saturated rings. The van der Waals surface area contributed by atoms with Crippen LogP contribution in [0.25, 0.3) is 0 Å². The maximum absolute atomic E-state index is 11.5. The van der Waals surface area contributed by atoms with Crippen LogP contribution in [0.5, 0.6) is 0 Å². The SMILES string of the molecule is CC1CCC(C(=O)NOCC(=O)O)CC1. The molecule has 5 nitrogen and oxygen atoms in total. The van der Waals surface area contributed by atoms with Gasteiger partial charge < -0.3 is 5.11 Å². The molecule has 0 aromatic rings. The zero-order valence-corrected chi connectivity index (χ0v) is 8.86. The number of carbonyl (C=O) groups is 2. The maximum Gasteiger partial charge on any atom is 0.332 e. The van der Waals surface area contributed by atoms with Crippen molar-refractivity contribution < 1.29 is 19.5 Å². The molecule has 2 N–H and O–H groups in total. The highest BCUT2D eigenvalue weighted by atomic mass is 16.7. The Balaban J connectivity index is 2.19. The van der Waals surface area contributed by atoms with Crippen LogP contribution in [-0.4, -0.2) is 23.6 Å². The molecule has 1 aliphatic carbocycles. The van der Waals surface area contributed by atoms with Gasteiger partial charge in [-0.25, -0.2) is 10.3 Å². The van der Waals surface area contributed by atoms with Crippen molar-refractivity contribution in [3.63, 3.8) is 0 Å². The van der Waals surface area contributed by atoms with Crippen molar-refractivity contribution in [2.24, 2.45) is 11.8 Å². The van der Waals surface area contributed by atoms with E-state index >= 15 is 0 Å². The highest BCUT2D eigenvalue weighted by Gasteiger charge is 2.24. The number of hydrogen-bond donors (Lipinski definition) is 2. The van der Waals surface area contributed by atoms with E-state index in [2.05, 4.69) is 17.2 Å². The van der Waals surface area contributed by atoms with E-state index in [1.165, 1.54) is 0 Å². The molecule has 0 aromatic carbocycles. The summed E-state index contributed by atoms with van der Waals surface area (Å²) >= 11 is 0. The highest BCUT2D eigenvalue weighted by molar-refractivity contribution is 5.78. The van der Waals surface area contributed by atoms with Crippen molar-refractivity contribution in [2.75, 3.05) is 6.61 Å². The van der Waals surface area contributed by atoms with Gasteiger partial charge in [0.1, 0.15) is 0 Å². The van der Waals surface area contributed by atoms with Crippen LogP contribution in [0.4, 0.5) is 0 Å². The largest absolute Gasteiger partial charge is 0.479 e. The van der Waals surface area contributed by atoms with Crippen molar-refractivity contribution in [3.05, 3.63) is 0 Å². The number of aliphatic carboxylic acids is 1. The van der Waals surface area contributed by atoms with E-state index in [4.69, 9.17) is 5.11 Å². The molecule has 86 valence electrons. The molecule has 0 radical (unpaired) electrons. The Morgan fingerprint density at radius 1 is 1.33 bits per heavy atom. The fourth-order valence-electron chi connectivity index (χ4n) is 1.77. The highest BCUT2D eigenvalue weighted by Crippen LogP contribution is 2.28. The van der Waals surface area contributed by atoms with Gasteiger partial charge in [-0.3, -0.25) is 9.63 Å². The van der Waals surface area contributed by atoms with E-state index in [1.807, 2.05) is 0 Å². The molecule has 15 heavy (non-hydrogen) atoms. The van der Waals surface area contributed by atoms with Crippen LogP contribution >= 0.6 is 0 Å². The van der Waals surface area contributed by atoms with Crippen LogP contribution in [0, 0.1) is 11.8 Å². The second-order valence-corrected chi connectivity index (χ2v) is 4.11. The van der Waals surface area contributed by atoms with Crippen LogP contribution in [0.2, 0.25) is 0 Å². The first-order valence-corrected chi connectivity index (χ1v) is 5.23. The maximum atomic E-state index is 11.5. The standard InChI is InChI=1S/C10H17NO4/c1-7-2-4-8(5-3-7)10(14)11-15-6-9(12)13/h7-8H,2-6H2,1H3,(H,11,14)(H,12,13). The van der Waals surface area contributed by atoms with Crippen molar-refractivity contribution in [1.82, 2.24) is 5.48 Å². The van der Waals surface area contributed by atoms with Gasteiger partial charge in [-0.05, 0) is 31.6 Å². The molecule has 0 spiro atoms. The minimum atomic E-state index is -1.09.